The fourth-order valence-electron chi connectivity index (χ4n) is 3.48. The third-order valence-corrected chi connectivity index (χ3v) is 6.27. The van der Waals surface area contributed by atoms with E-state index in [-0.39, 0.29) is 11.5 Å². The number of nitrogens with one attached hydrogen (secondary N) is 2. The Kier molecular flexibility index (Phi) is 8.37. The molecule has 0 radical (unpaired) electrons. The van der Waals surface area contributed by atoms with Crippen LogP contribution in [0.15, 0.2) is 4.99 Å². The minimum absolute atomic E-state index is 0.158. The van der Waals surface area contributed by atoms with Crippen LogP contribution in [0.1, 0.15) is 59.8 Å². The van der Waals surface area contributed by atoms with Gasteiger partial charge in [-0.1, -0.05) is 33.6 Å². The fourth-order valence-corrected chi connectivity index (χ4v) is 4.18. The van der Waals surface area contributed by atoms with Crippen molar-refractivity contribution in [1.29, 1.82) is 0 Å². The Morgan fingerprint density at radius 2 is 1.83 bits per heavy atom. The van der Waals surface area contributed by atoms with Crippen LogP contribution in [-0.2, 0) is 9.84 Å². The minimum Gasteiger partial charge on any atom is -0.357 e. The topological polar surface area (TPSA) is 70.6 Å². The zero-order valence-electron chi connectivity index (χ0n) is 15.3. The van der Waals surface area contributed by atoms with Crippen molar-refractivity contribution in [2.24, 2.45) is 16.3 Å². The lowest BCUT2D eigenvalue weighted by atomic mass is 9.78. The van der Waals surface area contributed by atoms with Gasteiger partial charge in [0.2, 0.25) is 0 Å². The molecule has 0 aromatic heterocycles. The van der Waals surface area contributed by atoms with Crippen molar-refractivity contribution in [3.8, 4) is 0 Å². The molecule has 1 fully saturated rings. The Balaban J connectivity index is 2.62. The van der Waals surface area contributed by atoms with E-state index in [0.717, 1.165) is 19.0 Å². The molecule has 0 aromatic rings. The molecule has 1 aliphatic rings. The van der Waals surface area contributed by atoms with Crippen molar-refractivity contribution in [1.82, 2.24) is 10.6 Å². The summed E-state index contributed by atoms with van der Waals surface area (Å²) < 4.78 is 23.2. The lowest BCUT2D eigenvalue weighted by Crippen LogP contribution is -2.40. The molecule has 2 N–H and O–H groups in total. The van der Waals surface area contributed by atoms with Crippen molar-refractivity contribution in [2.75, 3.05) is 31.1 Å². The number of aliphatic imine (C=N–C) groups is 1. The predicted octanol–water partition coefficient (Wildman–Crippen LogP) is 2.58. The standard InChI is InChI=1S/C17H35N3O2S/c1-5-18-16(19-11-12-23(21,22)6-2)20-14-17(13-15(3)4)9-7-8-10-17/h15H,5-14H2,1-4H3,(H2,18,19,20). The first-order valence-corrected chi connectivity index (χ1v) is 10.9. The summed E-state index contributed by atoms with van der Waals surface area (Å²) in [6, 6.07) is 0. The van der Waals surface area contributed by atoms with E-state index >= 15 is 0 Å². The molecule has 0 aliphatic heterocycles. The molecule has 136 valence electrons. The zero-order valence-corrected chi connectivity index (χ0v) is 16.1. The Bertz CT molecular complexity index is 466. The van der Waals surface area contributed by atoms with Crippen LogP contribution in [0.2, 0.25) is 0 Å². The van der Waals surface area contributed by atoms with E-state index in [1.54, 1.807) is 6.92 Å². The lowest BCUT2D eigenvalue weighted by molar-refractivity contribution is 0.245. The van der Waals surface area contributed by atoms with E-state index in [1.165, 1.54) is 32.1 Å². The van der Waals surface area contributed by atoms with Gasteiger partial charge in [-0.3, -0.25) is 4.99 Å². The summed E-state index contributed by atoms with van der Waals surface area (Å²) in [7, 11) is -2.93. The Hall–Kier alpha value is -0.780. The van der Waals surface area contributed by atoms with Crippen LogP contribution < -0.4 is 10.6 Å². The van der Waals surface area contributed by atoms with Gasteiger partial charge in [0.25, 0.3) is 0 Å². The van der Waals surface area contributed by atoms with Crippen LogP contribution in [0.3, 0.4) is 0 Å². The normalized spacial score (nSPS) is 18.4. The minimum atomic E-state index is -2.93. The first kappa shape index (κ1) is 20.3. The van der Waals surface area contributed by atoms with E-state index in [0.29, 0.717) is 17.9 Å². The number of rotatable bonds is 9. The summed E-state index contributed by atoms with van der Waals surface area (Å²) in [5.41, 5.74) is 0.339. The Morgan fingerprint density at radius 3 is 2.35 bits per heavy atom. The second-order valence-corrected chi connectivity index (χ2v) is 9.64. The first-order valence-electron chi connectivity index (χ1n) is 9.05. The van der Waals surface area contributed by atoms with E-state index in [9.17, 15) is 8.42 Å². The highest BCUT2D eigenvalue weighted by Crippen LogP contribution is 2.43. The van der Waals surface area contributed by atoms with Gasteiger partial charge in [0.15, 0.2) is 15.8 Å². The highest BCUT2D eigenvalue weighted by atomic mass is 32.2. The molecule has 0 bridgehead atoms. The van der Waals surface area contributed by atoms with Gasteiger partial charge in [0, 0.05) is 25.4 Å². The smallest absolute Gasteiger partial charge is 0.191 e. The largest absolute Gasteiger partial charge is 0.357 e. The van der Waals surface area contributed by atoms with Gasteiger partial charge >= 0.3 is 0 Å². The summed E-state index contributed by atoms with van der Waals surface area (Å²) in [5, 5.41) is 6.39. The SMILES string of the molecule is CCNC(=NCC1(CC(C)C)CCCC1)NCCS(=O)(=O)CC. The third kappa shape index (κ3) is 7.55. The fraction of sp³-hybridized carbons (Fsp3) is 0.941. The molecular formula is C17H35N3O2S. The molecule has 0 amide bonds. The molecule has 0 spiro atoms. The molecule has 0 atom stereocenters. The lowest BCUT2D eigenvalue weighted by Gasteiger charge is -2.29. The highest BCUT2D eigenvalue weighted by molar-refractivity contribution is 7.91. The third-order valence-electron chi connectivity index (χ3n) is 4.57. The number of hydrogen-bond donors (Lipinski definition) is 2. The summed E-state index contributed by atoms with van der Waals surface area (Å²) in [4.78, 5) is 4.77. The number of guanidine groups is 1. The molecule has 0 unspecified atom stereocenters. The molecule has 5 nitrogen and oxygen atoms in total. The average molecular weight is 346 g/mol. The molecule has 1 rings (SSSR count). The van der Waals surface area contributed by atoms with Gasteiger partial charge in [0.05, 0.1) is 5.75 Å². The first-order chi connectivity index (χ1) is 10.8. The maximum absolute atomic E-state index is 11.6. The molecular weight excluding hydrogens is 310 g/mol. The Morgan fingerprint density at radius 1 is 1.17 bits per heavy atom. The maximum Gasteiger partial charge on any atom is 0.191 e. The molecule has 0 saturated heterocycles. The highest BCUT2D eigenvalue weighted by Gasteiger charge is 2.34. The molecule has 0 heterocycles. The van der Waals surface area contributed by atoms with Crippen molar-refractivity contribution in [3.05, 3.63) is 0 Å². The number of hydrogen-bond acceptors (Lipinski definition) is 3. The summed E-state index contributed by atoms with van der Waals surface area (Å²) in [5.74, 6) is 1.78. The second kappa shape index (κ2) is 9.50. The predicted molar refractivity (Wildman–Crippen MR) is 98.7 cm³/mol. The van der Waals surface area contributed by atoms with Crippen LogP contribution in [-0.4, -0.2) is 45.5 Å². The van der Waals surface area contributed by atoms with Gasteiger partial charge in [-0.2, -0.15) is 0 Å². The van der Waals surface area contributed by atoms with Gasteiger partial charge in [0.1, 0.15) is 0 Å². The molecule has 23 heavy (non-hydrogen) atoms. The van der Waals surface area contributed by atoms with Crippen molar-refractivity contribution in [2.45, 2.75) is 59.8 Å². The van der Waals surface area contributed by atoms with Crippen molar-refractivity contribution >= 4 is 15.8 Å². The molecule has 1 aliphatic carbocycles. The van der Waals surface area contributed by atoms with E-state index in [4.69, 9.17) is 4.99 Å². The van der Waals surface area contributed by atoms with Crippen LogP contribution in [0, 0.1) is 11.3 Å². The van der Waals surface area contributed by atoms with Crippen LogP contribution in [0.4, 0.5) is 0 Å². The number of sulfone groups is 1. The van der Waals surface area contributed by atoms with Crippen molar-refractivity contribution in [3.63, 3.8) is 0 Å². The van der Waals surface area contributed by atoms with E-state index in [1.807, 2.05) is 6.92 Å². The van der Waals surface area contributed by atoms with Crippen LogP contribution in [0.5, 0.6) is 0 Å². The molecule has 0 aromatic carbocycles. The monoisotopic (exact) mass is 345 g/mol. The van der Waals surface area contributed by atoms with E-state index < -0.39 is 9.84 Å². The van der Waals surface area contributed by atoms with Crippen LogP contribution >= 0.6 is 0 Å². The number of nitrogens with zero attached hydrogens (tertiary/aromatic N) is 1. The summed E-state index contributed by atoms with van der Waals surface area (Å²) in [6.07, 6.45) is 6.36. The van der Waals surface area contributed by atoms with Crippen molar-refractivity contribution < 1.29 is 8.42 Å². The average Bonchev–Trinajstić information content (AvgIpc) is 2.92. The zero-order chi connectivity index (χ0) is 17.3. The second-order valence-electron chi connectivity index (χ2n) is 7.16. The van der Waals surface area contributed by atoms with Crippen LogP contribution in [0.25, 0.3) is 0 Å². The van der Waals surface area contributed by atoms with Gasteiger partial charge in [-0.15, -0.1) is 0 Å². The molecule has 1 saturated carbocycles. The maximum atomic E-state index is 11.6. The van der Waals surface area contributed by atoms with Gasteiger partial charge < -0.3 is 10.6 Å². The molecule has 6 heteroatoms. The van der Waals surface area contributed by atoms with Gasteiger partial charge in [-0.05, 0) is 37.5 Å². The van der Waals surface area contributed by atoms with E-state index in [2.05, 4.69) is 24.5 Å². The van der Waals surface area contributed by atoms with Gasteiger partial charge in [-0.25, -0.2) is 8.42 Å². The Labute approximate surface area is 142 Å². The summed E-state index contributed by atoms with van der Waals surface area (Å²) >= 11 is 0. The quantitative estimate of drug-likeness (QED) is 0.498. The summed E-state index contributed by atoms with van der Waals surface area (Å²) in [6.45, 7) is 10.3.